The minimum atomic E-state index is -1.36. The molecule has 0 saturated heterocycles. The van der Waals surface area contributed by atoms with Crippen LogP contribution in [0.3, 0.4) is 0 Å². The number of ether oxygens (including phenoxy) is 1. The van der Waals surface area contributed by atoms with Gasteiger partial charge in [0, 0.05) is 22.9 Å². The van der Waals surface area contributed by atoms with Crippen LogP contribution in [0.2, 0.25) is 0 Å². The molecule has 1 atom stereocenters. The Labute approximate surface area is 185 Å². The van der Waals surface area contributed by atoms with Crippen LogP contribution in [0.15, 0.2) is 52.9 Å². The Hall–Kier alpha value is -2.93. The summed E-state index contributed by atoms with van der Waals surface area (Å²) in [6.07, 6.45) is 0.701. The van der Waals surface area contributed by atoms with E-state index in [0.29, 0.717) is 36.9 Å². The third-order valence-electron chi connectivity index (χ3n) is 4.75. The summed E-state index contributed by atoms with van der Waals surface area (Å²) in [6, 6.07) is 15.7. The fraction of sp³-hybridized carbons (Fsp3) is 0.333. The molecule has 3 rings (SSSR count). The van der Waals surface area contributed by atoms with Crippen LogP contribution < -0.4 is 10.1 Å². The van der Waals surface area contributed by atoms with Crippen molar-refractivity contribution in [2.75, 3.05) is 18.9 Å². The van der Waals surface area contributed by atoms with Crippen LogP contribution in [0.5, 0.6) is 5.75 Å². The molecule has 2 aromatic carbocycles. The van der Waals surface area contributed by atoms with Gasteiger partial charge in [-0.05, 0) is 57.0 Å². The van der Waals surface area contributed by atoms with Gasteiger partial charge in [-0.1, -0.05) is 29.8 Å². The Morgan fingerprint density at radius 3 is 2.48 bits per heavy atom. The standard InChI is InChI=1S/C24H28N2O4S/c1-4-29-21-11-7-19(8-12-21)13-14-25-23(27)16-31(28)15-22-18(3)30-24(26-22)20-9-5-17(2)6-10-20/h5-12H,4,13-16H2,1-3H3,(H,25,27)/t31-/m0/s1. The van der Waals surface area contributed by atoms with Gasteiger partial charge >= 0.3 is 0 Å². The second-order valence-electron chi connectivity index (χ2n) is 7.29. The number of aromatic nitrogens is 1. The van der Waals surface area contributed by atoms with Crippen molar-refractivity contribution in [1.82, 2.24) is 10.3 Å². The van der Waals surface area contributed by atoms with E-state index in [4.69, 9.17) is 9.15 Å². The van der Waals surface area contributed by atoms with Crippen LogP contribution in [0.1, 0.15) is 29.5 Å². The van der Waals surface area contributed by atoms with Crippen molar-refractivity contribution >= 4 is 16.7 Å². The molecular formula is C24H28N2O4S. The summed E-state index contributed by atoms with van der Waals surface area (Å²) in [6.45, 7) is 6.88. The van der Waals surface area contributed by atoms with Crippen LogP contribution in [0.25, 0.3) is 11.5 Å². The Kier molecular flexibility index (Phi) is 8.00. The summed E-state index contributed by atoms with van der Waals surface area (Å²) < 4.78 is 23.6. The van der Waals surface area contributed by atoms with E-state index in [0.717, 1.165) is 22.4 Å². The van der Waals surface area contributed by atoms with Gasteiger partial charge in [0.05, 0.1) is 18.1 Å². The maximum atomic E-state index is 12.5. The predicted molar refractivity (Wildman–Crippen MR) is 122 cm³/mol. The number of hydrogen-bond donors (Lipinski definition) is 1. The molecule has 0 bridgehead atoms. The third kappa shape index (κ3) is 6.79. The van der Waals surface area contributed by atoms with E-state index in [9.17, 15) is 9.00 Å². The first-order valence-electron chi connectivity index (χ1n) is 10.3. The fourth-order valence-electron chi connectivity index (χ4n) is 3.05. The lowest BCUT2D eigenvalue weighted by Gasteiger charge is -2.07. The molecule has 0 saturated carbocycles. The molecule has 31 heavy (non-hydrogen) atoms. The average Bonchev–Trinajstić information content (AvgIpc) is 3.10. The van der Waals surface area contributed by atoms with Crippen molar-refractivity contribution in [3.8, 4) is 17.2 Å². The lowest BCUT2D eigenvalue weighted by atomic mass is 10.1. The SMILES string of the molecule is CCOc1ccc(CCNC(=O)C[S@@](=O)Cc2nc(-c3ccc(C)cc3)oc2C)cc1. The molecule has 7 heteroatoms. The Morgan fingerprint density at radius 1 is 1.10 bits per heavy atom. The summed E-state index contributed by atoms with van der Waals surface area (Å²) in [5.41, 5.74) is 3.75. The molecule has 0 radical (unpaired) electrons. The first-order valence-corrected chi connectivity index (χ1v) is 11.8. The monoisotopic (exact) mass is 440 g/mol. The van der Waals surface area contributed by atoms with Crippen molar-refractivity contribution in [3.63, 3.8) is 0 Å². The molecule has 1 aromatic heterocycles. The van der Waals surface area contributed by atoms with E-state index >= 15 is 0 Å². The van der Waals surface area contributed by atoms with Gasteiger partial charge in [0.1, 0.15) is 17.3 Å². The number of amides is 1. The molecular weight excluding hydrogens is 412 g/mol. The minimum Gasteiger partial charge on any atom is -0.494 e. The second kappa shape index (κ2) is 10.9. The molecule has 0 spiro atoms. The zero-order chi connectivity index (χ0) is 22.2. The van der Waals surface area contributed by atoms with Crippen LogP contribution in [-0.4, -0.2) is 34.0 Å². The molecule has 1 amide bonds. The first kappa shape index (κ1) is 22.7. The third-order valence-corrected chi connectivity index (χ3v) is 5.93. The van der Waals surface area contributed by atoms with E-state index in [2.05, 4.69) is 10.3 Å². The topological polar surface area (TPSA) is 81.4 Å². The van der Waals surface area contributed by atoms with Crippen LogP contribution >= 0.6 is 0 Å². The molecule has 1 heterocycles. The molecule has 0 unspecified atom stereocenters. The van der Waals surface area contributed by atoms with Gasteiger partial charge in [-0.15, -0.1) is 0 Å². The molecule has 1 N–H and O–H groups in total. The average molecular weight is 441 g/mol. The van der Waals surface area contributed by atoms with Gasteiger partial charge in [0.25, 0.3) is 0 Å². The van der Waals surface area contributed by atoms with Crippen molar-refractivity contribution in [2.45, 2.75) is 32.9 Å². The molecule has 0 fully saturated rings. The highest BCUT2D eigenvalue weighted by Gasteiger charge is 2.16. The molecule has 0 aliphatic carbocycles. The summed E-state index contributed by atoms with van der Waals surface area (Å²) >= 11 is 0. The lowest BCUT2D eigenvalue weighted by Crippen LogP contribution is -2.30. The van der Waals surface area contributed by atoms with E-state index in [-0.39, 0.29) is 17.4 Å². The van der Waals surface area contributed by atoms with Gasteiger partial charge in [0.2, 0.25) is 11.8 Å². The zero-order valence-electron chi connectivity index (χ0n) is 18.1. The Bertz CT molecular complexity index is 1030. The molecule has 6 nitrogen and oxygen atoms in total. The highest BCUT2D eigenvalue weighted by atomic mass is 32.2. The van der Waals surface area contributed by atoms with Crippen molar-refractivity contribution in [3.05, 3.63) is 71.1 Å². The van der Waals surface area contributed by atoms with E-state index < -0.39 is 10.8 Å². The second-order valence-corrected chi connectivity index (χ2v) is 8.75. The van der Waals surface area contributed by atoms with Crippen LogP contribution in [0.4, 0.5) is 0 Å². The van der Waals surface area contributed by atoms with Gasteiger partial charge in [-0.3, -0.25) is 9.00 Å². The minimum absolute atomic E-state index is 0.0601. The van der Waals surface area contributed by atoms with E-state index in [1.54, 1.807) is 6.92 Å². The first-order chi connectivity index (χ1) is 14.9. The number of aryl methyl sites for hydroxylation is 2. The number of rotatable bonds is 10. The highest BCUT2D eigenvalue weighted by molar-refractivity contribution is 7.84. The summed E-state index contributed by atoms with van der Waals surface area (Å²) in [7, 11) is -1.36. The maximum absolute atomic E-state index is 12.5. The number of oxazole rings is 1. The predicted octanol–water partition coefficient (Wildman–Crippen LogP) is 3.96. The molecule has 164 valence electrons. The van der Waals surface area contributed by atoms with E-state index in [1.807, 2.05) is 62.4 Å². The van der Waals surface area contributed by atoms with Gasteiger partial charge < -0.3 is 14.5 Å². The largest absolute Gasteiger partial charge is 0.494 e. The summed E-state index contributed by atoms with van der Waals surface area (Å²) in [5.74, 6) is 1.86. The van der Waals surface area contributed by atoms with Gasteiger partial charge in [-0.25, -0.2) is 4.98 Å². The van der Waals surface area contributed by atoms with Crippen molar-refractivity contribution < 1.29 is 18.2 Å². The van der Waals surface area contributed by atoms with Gasteiger partial charge in [-0.2, -0.15) is 0 Å². The molecule has 3 aromatic rings. The number of carbonyl (C=O) groups is 1. The summed E-state index contributed by atoms with van der Waals surface area (Å²) in [4.78, 5) is 16.6. The van der Waals surface area contributed by atoms with Crippen molar-refractivity contribution in [1.29, 1.82) is 0 Å². The van der Waals surface area contributed by atoms with Crippen molar-refractivity contribution in [2.24, 2.45) is 0 Å². The maximum Gasteiger partial charge on any atom is 0.232 e. The number of hydrogen-bond acceptors (Lipinski definition) is 5. The number of carbonyl (C=O) groups excluding carboxylic acids is 1. The smallest absolute Gasteiger partial charge is 0.232 e. The number of benzene rings is 2. The Morgan fingerprint density at radius 2 is 1.81 bits per heavy atom. The van der Waals surface area contributed by atoms with Crippen LogP contribution in [-0.2, 0) is 27.8 Å². The Balaban J connectivity index is 1.46. The molecule has 0 aliphatic heterocycles. The number of nitrogens with one attached hydrogen (secondary N) is 1. The van der Waals surface area contributed by atoms with Gasteiger partial charge in [0.15, 0.2) is 0 Å². The highest BCUT2D eigenvalue weighted by Crippen LogP contribution is 2.23. The zero-order valence-corrected chi connectivity index (χ0v) is 19.0. The quantitative estimate of drug-likeness (QED) is 0.516. The number of nitrogens with zero attached hydrogens (tertiary/aromatic N) is 1. The van der Waals surface area contributed by atoms with Crippen LogP contribution in [0, 0.1) is 13.8 Å². The normalized spacial score (nSPS) is 11.8. The lowest BCUT2D eigenvalue weighted by molar-refractivity contribution is -0.118. The molecule has 0 aliphatic rings. The fourth-order valence-corrected chi connectivity index (χ4v) is 4.12. The summed E-state index contributed by atoms with van der Waals surface area (Å²) in [5, 5.41) is 2.83. The van der Waals surface area contributed by atoms with E-state index in [1.165, 1.54) is 0 Å².